The maximum atomic E-state index is 13.7. The summed E-state index contributed by atoms with van der Waals surface area (Å²) in [7, 11) is 1.55. The summed E-state index contributed by atoms with van der Waals surface area (Å²) >= 11 is 9.44. The molecule has 0 bridgehead atoms. The van der Waals surface area contributed by atoms with E-state index in [1.165, 1.54) is 11.8 Å². The Bertz CT molecular complexity index is 1490. The first kappa shape index (κ1) is 28.2. The fourth-order valence-corrected chi connectivity index (χ4v) is 7.11. The number of anilines is 3. The fraction of sp³-hybridized carbons (Fsp3) is 0.226. The molecule has 0 radical (unpaired) electrons. The zero-order chi connectivity index (χ0) is 28.2. The van der Waals surface area contributed by atoms with Gasteiger partial charge in [0.15, 0.2) is 0 Å². The predicted molar refractivity (Wildman–Crippen MR) is 167 cm³/mol. The smallest absolute Gasteiger partial charge is 0.326 e. The highest BCUT2D eigenvalue weighted by molar-refractivity contribution is 8.00. The van der Waals surface area contributed by atoms with Gasteiger partial charge in [-0.25, -0.2) is 4.79 Å². The van der Waals surface area contributed by atoms with Crippen molar-refractivity contribution in [3.8, 4) is 5.75 Å². The number of hydrogen-bond acceptors (Lipinski definition) is 5. The van der Waals surface area contributed by atoms with Crippen LogP contribution in [0.25, 0.3) is 0 Å². The molecule has 3 amide bonds. The van der Waals surface area contributed by atoms with E-state index in [0.717, 1.165) is 21.0 Å². The molecule has 1 heterocycles. The van der Waals surface area contributed by atoms with Gasteiger partial charge in [0.05, 0.1) is 35.0 Å². The lowest BCUT2D eigenvalue weighted by molar-refractivity contribution is -0.115. The van der Waals surface area contributed by atoms with Gasteiger partial charge in [-0.15, -0.1) is 23.5 Å². The number of aryl methyl sites for hydroxylation is 1. The standard InChI is InChI=1S/C31H30ClN3O3S2/c1-4-27(30(36)34-23-16-19(2)22(32)18-26(23)38-3)39-21-11-9-10-20(17-21)33-31(37)35-24-12-5-7-14-28(24)40-29-15-8-6-13-25(29)35/h5-18,24,27-28H,4H2,1-3H3,(H,33,37)(H,34,36). The van der Waals surface area contributed by atoms with E-state index in [1.54, 1.807) is 24.9 Å². The van der Waals surface area contributed by atoms with Gasteiger partial charge in [-0.3, -0.25) is 9.69 Å². The van der Waals surface area contributed by atoms with Gasteiger partial charge in [-0.1, -0.05) is 61.0 Å². The van der Waals surface area contributed by atoms with Crippen LogP contribution in [0.5, 0.6) is 5.75 Å². The molecule has 6 nitrogen and oxygen atoms in total. The monoisotopic (exact) mass is 591 g/mol. The molecule has 1 aliphatic heterocycles. The second kappa shape index (κ2) is 12.5. The van der Waals surface area contributed by atoms with Gasteiger partial charge in [0.2, 0.25) is 5.91 Å². The topological polar surface area (TPSA) is 70.7 Å². The number of nitrogens with zero attached hydrogens (tertiary/aromatic N) is 1. The first-order chi connectivity index (χ1) is 19.4. The minimum atomic E-state index is -0.349. The highest BCUT2D eigenvalue weighted by Crippen LogP contribution is 2.44. The third-order valence-corrected chi connectivity index (χ3v) is 9.80. The number of ether oxygens (including phenoxy) is 1. The molecule has 3 aromatic rings. The highest BCUT2D eigenvalue weighted by Gasteiger charge is 2.36. The summed E-state index contributed by atoms with van der Waals surface area (Å²) in [5.41, 5.74) is 3.00. The first-order valence-electron chi connectivity index (χ1n) is 13.0. The summed E-state index contributed by atoms with van der Waals surface area (Å²) in [6, 6.07) is 18.8. The summed E-state index contributed by atoms with van der Waals surface area (Å²) in [5, 5.41) is 6.46. The van der Waals surface area contributed by atoms with Crippen LogP contribution in [0.3, 0.4) is 0 Å². The average molecular weight is 592 g/mol. The number of para-hydroxylation sites is 1. The number of allylic oxidation sites excluding steroid dienone is 2. The highest BCUT2D eigenvalue weighted by atomic mass is 35.5. The van der Waals surface area contributed by atoms with Gasteiger partial charge in [0.1, 0.15) is 5.75 Å². The predicted octanol–water partition coefficient (Wildman–Crippen LogP) is 8.17. The quantitative estimate of drug-likeness (QED) is 0.271. The normalized spacial score (nSPS) is 17.9. The Morgan fingerprint density at radius 3 is 2.67 bits per heavy atom. The van der Waals surface area contributed by atoms with Crippen LogP contribution >= 0.6 is 35.1 Å². The molecular formula is C31H30ClN3O3S2. The number of rotatable bonds is 7. The zero-order valence-corrected chi connectivity index (χ0v) is 24.8. The van der Waals surface area contributed by atoms with Crippen LogP contribution in [0, 0.1) is 6.92 Å². The molecule has 40 heavy (non-hydrogen) atoms. The number of methoxy groups -OCH3 is 1. The van der Waals surface area contributed by atoms with E-state index in [-0.39, 0.29) is 28.5 Å². The van der Waals surface area contributed by atoms with E-state index < -0.39 is 0 Å². The van der Waals surface area contributed by atoms with Crippen molar-refractivity contribution >= 4 is 64.1 Å². The van der Waals surface area contributed by atoms with E-state index in [9.17, 15) is 9.59 Å². The third-order valence-electron chi connectivity index (χ3n) is 6.73. The summed E-state index contributed by atoms with van der Waals surface area (Å²) in [5.74, 6) is 0.379. The Morgan fingerprint density at radius 1 is 1.07 bits per heavy atom. The molecule has 1 aliphatic carbocycles. The van der Waals surface area contributed by atoms with Crippen molar-refractivity contribution in [3.05, 3.63) is 95.6 Å². The van der Waals surface area contributed by atoms with Crippen molar-refractivity contribution in [1.82, 2.24) is 0 Å². The number of thioether (sulfide) groups is 2. The molecule has 2 N–H and O–H groups in total. The molecule has 0 fully saturated rings. The van der Waals surface area contributed by atoms with E-state index in [2.05, 4.69) is 28.9 Å². The number of urea groups is 1. The molecule has 3 unspecified atom stereocenters. The molecule has 0 aromatic heterocycles. The molecule has 206 valence electrons. The van der Waals surface area contributed by atoms with Crippen LogP contribution in [0.2, 0.25) is 5.02 Å². The molecule has 3 atom stereocenters. The third kappa shape index (κ3) is 6.04. The number of fused-ring (bicyclic) bond motifs is 2. The number of halogens is 1. The molecular weight excluding hydrogens is 562 g/mol. The molecule has 9 heteroatoms. The van der Waals surface area contributed by atoms with Crippen molar-refractivity contribution in [2.75, 3.05) is 22.6 Å². The van der Waals surface area contributed by atoms with E-state index in [1.807, 2.05) is 79.4 Å². The number of carbonyl (C=O) groups is 2. The minimum Gasteiger partial charge on any atom is -0.495 e. The Kier molecular flexibility index (Phi) is 8.78. The Balaban J connectivity index is 1.31. The molecule has 0 saturated heterocycles. The lowest BCUT2D eigenvalue weighted by Crippen LogP contribution is -2.49. The largest absolute Gasteiger partial charge is 0.495 e. The van der Waals surface area contributed by atoms with Crippen LogP contribution in [0.1, 0.15) is 18.9 Å². The lowest BCUT2D eigenvalue weighted by Gasteiger charge is -2.40. The molecule has 2 aliphatic rings. The average Bonchev–Trinajstić information content (AvgIpc) is 2.96. The van der Waals surface area contributed by atoms with Gasteiger partial charge in [0, 0.05) is 26.6 Å². The number of nitrogens with one attached hydrogen (secondary N) is 2. The lowest BCUT2D eigenvalue weighted by atomic mass is 10.1. The second-order valence-electron chi connectivity index (χ2n) is 9.44. The molecule has 3 aromatic carbocycles. The van der Waals surface area contributed by atoms with E-state index in [4.69, 9.17) is 16.3 Å². The van der Waals surface area contributed by atoms with Crippen molar-refractivity contribution in [1.29, 1.82) is 0 Å². The Morgan fingerprint density at radius 2 is 1.88 bits per heavy atom. The fourth-order valence-electron chi connectivity index (χ4n) is 4.69. The van der Waals surface area contributed by atoms with Crippen LogP contribution < -0.4 is 20.3 Å². The summed E-state index contributed by atoms with van der Waals surface area (Å²) in [6.07, 6.45) is 8.85. The zero-order valence-electron chi connectivity index (χ0n) is 22.4. The van der Waals surface area contributed by atoms with Crippen molar-refractivity contribution < 1.29 is 14.3 Å². The maximum absolute atomic E-state index is 13.7. The first-order valence-corrected chi connectivity index (χ1v) is 15.1. The number of carbonyl (C=O) groups excluding carboxylic acids is 2. The minimum absolute atomic E-state index is 0.0795. The van der Waals surface area contributed by atoms with Gasteiger partial charge in [0.25, 0.3) is 0 Å². The van der Waals surface area contributed by atoms with Crippen molar-refractivity contribution in [3.63, 3.8) is 0 Å². The number of hydrogen-bond donors (Lipinski definition) is 2. The van der Waals surface area contributed by atoms with Crippen LogP contribution in [-0.2, 0) is 4.79 Å². The van der Waals surface area contributed by atoms with Crippen LogP contribution in [-0.4, -0.2) is 35.6 Å². The van der Waals surface area contributed by atoms with Gasteiger partial charge in [-0.2, -0.15) is 0 Å². The van der Waals surface area contributed by atoms with Crippen molar-refractivity contribution in [2.45, 2.75) is 46.6 Å². The number of benzene rings is 3. The second-order valence-corrected chi connectivity index (χ2v) is 12.3. The van der Waals surface area contributed by atoms with Crippen LogP contribution in [0.15, 0.2) is 94.8 Å². The molecule has 0 saturated carbocycles. The summed E-state index contributed by atoms with van der Waals surface area (Å²) in [4.78, 5) is 30.7. The van der Waals surface area contributed by atoms with E-state index >= 15 is 0 Å². The number of amides is 3. The van der Waals surface area contributed by atoms with Gasteiger partial charge >= 0.3 is 6.03 Å². The summed E-state index contributed by atoms with van der Waals surface area (Å²) in [6.45, 7) is 3.85. The molecule has 5 rings (SSSR count). The Hall–Kier alpha value is -3.33. The molecule has 0 spiro atoms. The van der Waals surface area contributed by atoms with Crippen molar-refractivity contribution in [2.24, 2.45) is 0 Å². The van der Waals surface area contributed by atoms with Gasteiger partial charge in [-0.05, 0) is 55.3 Å². The van der Waals surface area contributed by atoms with Crippen LogP contribution in [0.4, 0.5) is 21.9 Å². The summed E-state index contributed by atoms with van der Waals surface area (Å²) < 4.78 is 5.41. The maximum Gasteiger partial charge on any atom is 0.326 e. The SMILES string of the molecule is CCC(Sc1cccc(NC(=O)N2c3ccccc3SC3C=CC=CC32)c1)C(=O)Nc1cc(C)c(Cl)cc1OC. The Labute approximate surface area is 248 Å². The van der Waals surface area contributed by atoms with Gasteiger partial charge < -0.3 is 15.4 Å². The van der Waals surface area contributed by atoms with E-state index in [0.29, 0.717) is 28.6 Å².